The van der Waals surface area contributed by atoms with Crippen LogP contribution in [0, 0.1) is 11.3 Å². The highest BCUT2D eigenvalue weighted by Gasteiger charge is 2.30. The number of hydrogen-bond donors (Lipinski definition) is 0. The molecule has 0 atom stereocenters. The monoisotopic (exact) mass is 505 g/mol. The molecule has 0 bridgehead atoms. The van der Waals surface area contributed by atoms with Gasteiger partial charge in [-0.05, 0) is 89.3 Å². The zero-order valence-corrected chi connectivity index (χ0v) is 21.7. The van der Waals surface area contributed by atoms with Crippen molar-refractivity contribution in [1.82, 2.24) is 0 Å². The first-order valence-electron chi connectivity index (χ1n) is 13.6. The summed E-state index contributed by atoms with van der Waals surface area (Å²) in [5, 5.41) is 14.4. The van der Waals surface area contributed by atoms with Crippen LogP contribution in [-0.4, -0.2) is 0 Å². The highest BCUT2D eigenvalue weighted by Crippen LogP contribution is 2.58. The van der Waals surface area contributed by atoms with E-state index in [2.05, 4.69) is 133 Å². The lowest BCUT2D eigenvalue weighted by molar-refractivity contribution is 1.48. The molecule has 0 fully saturated rings. The van der Waals surface area contributed by atoms with E-state index >= 15 is 0 Å². The van der Waals surface area contributed by atoms with Crippen LogP contribution < -0.4 is 0 Å². The van der Waals surface area contributed by atoms with E-state index in [0.29, 0.717) is 5.56 Å². The van der Waals surface area contributed by atoms with Crippen LogP contribution >= 0.6 is 0 Å². The van der Waals surface area contributed by atoms with Crippen molar-refractivity contribution >= 4 is 21.5 Å². The van der Waals surface area contributed by atoms with Gasteiger partial charge in [0.15, 0.2) is 0 Å². The van der Waals surface area contributed by atoms with Crippen molar-refractivity contribution in [2.75, 3.05) is 0 Å². The van der Waals surface area contributed by atoms with Gasteiger partial charge in [0.25, 0.3) is 0 Å². The Morgan fingerprint density at radius 3 is 1.43 bits per heavy atom. The van der Waals surface area contributed by atoms with Crippen molar-refractivity contribution in [1.29, 1.82) is 5.26 Å². The Hall–Kier alpha value is -5.45. The Morgan fingerprint density at radius 2 is 0.850 bits per heavy atom. The summed E-state index contributed by atoms with van der Waals surface area (Å²) in [6, 6.07) is 51.9. The molecule has 184 valence electrons. The molecule has 0 spiro atoms. The van der Waals surface area contributed by atoms with E-state index < -0.39 is 0 Å². The summed E-state index contributed by atoms with van der Waals surface area (Å²) in [6.07, 6.45) is 0. The van der Waals surface area contributed by atoms with Crippen LogP contribution in [0.1, 0.15) is 5.56 Å². The fourth-order valence-corrected chi connectivity index (χ4v) is 6.59. The van der Waals surface area contributed by atoms with Crippen LogP contribution in [0.4, 0.5) is 0 Å². The molecule has 1 aliphatic carbocycles. The SMILES string of the molecule is N#Cc1ccc(-c2ccc3c4c(cccc24)-c2c-3c(-c3ccccc3)c3ccccc3c2-c2ccccc2)cc1. The van der Waals surface area contributed by atoms with Crippen LogP contribution in [0.5, 0.6) is 0 Å². The fourth-order valence-electron chi connectivity index (χ4n) is 6.59. The van der Waals surface area contributed by atoms with Crippen LogP contribution in [0.3, 0.4) is 0 Å². The molecule has 7 aromatic carbocycles. The number of benzene rings is 7. The van der Waals surface area contributed by atoms with E-state index in [-0.39, 0.29) is 0 Å². The van der Waals surface area contributed by atoms with E-state index in [9.17, 15) is 5.26 Å². The van der Waals surface area contributed by atoms with E-state index in [1.165, 1.54) is 71.6 Å². The van der Waals surface area contributed by atoms with Gasteiger partial charge in [-0.15, -0.1) is 0 Å². The number of rotatable bonds is 3. The fraction of sp³-hybridized carbons (Fsp3) is 0. The molecule has 7 aromatic rings. The first-order chi connectivity index (χ1) is 19.8. The number of fused-ring (bicyclic) bond motifs is 4. The summed E-state index contributed by atoms with van der Waals surface area (Å²) in [5.74, 6) is 0. The van der Waals surface area contributed by atoms with Crippen LogP contribution in [-0.2, 0) is 0 Å². The predicted molar refractivity (Wildman–Crippen MR) is 167 cm³/mol. The third-order valence-electron chi connectivity index (χ3n) is 8.24. The Kier molecular flexibility index (Phi) is 4.96. The first-order valence-corrected chi connectivity index (χ1v) is 13.6. The van der Waals surface area contributed by atoms with Crippen molar-refractivity contribution in [3.05, 3.63) is 145 Å². The Bertz CT molecular complexity index is 2040. The second-order valence-corrected chi connectivity index (χ2v) is 10.4. The maximum Gasteiger partial charge on any atom is 0.0991 e. The van der Waals surface area contributed by atoms with Gasteiger partial charge in [0.2, 0.25) is 0 Å². The van der Waals surface area contributed by atoms with Gasteiger partial charge in [-0.25, -0.2) is 0 Å². The Balaban J connectivity index is 1.55. The average Bonchev–Trinajstić information content (AvgIpc) is 3.36. The summed E-state index contributed by atoms with van der Waals surface area (Å²) < 4.78 is 0. The summed E-state index contributed by atoms with van der Waals surface area (Å²) in [7, 11) is 0. The lowest BCUT2D eigenvalue weighted by Crippen LogP contribution is -1.93. The van der Waals surface area contributed by atoms with E-state index in [1.807, 2.05) is 12.1 Å². The minimum atomic E-state index is 0.675. The lowest BCUT2D eigenvalue weighted by Gasteiger charge is -2.20. The summed E-state index contributed by atoms with van der Waals surface area (Å²) in [6.45, 7) is 0. The maximum atomic E-state index is 9.32. The molecule has 40 heavy (non-hydrogen) atoms. The van der Waals surface area contributed by atoms with Crippen molar-refractivity contribution in [3.63, 3.8) is 0 Å². The third kappa shape index (κ3) is 3.20. The highest BCUT2D eigenvalue weighted by atomic mass is 14.3. The number of nitrogens with zero attached hydrogens (tertiary/aromatic N) is 1. The van der Waals surface area contributed by atoms with Gasteiger partial charge >= 0.3 is 0 Å². The molecule has 0 saturated heterocycles. The van der Waals surface area contributed by atoms with E-state index in [4.69, 9.17) is 0 Å². The van der Waals surface area contributed by atoms with Crippen LogP contribution in [0.15, 0.2) is 140 Å². The molecule has 0 heterocycles. The Morgan fingerprint density at radius 1 is 0.350 bits per heavy atom. The summed E-state index contributed by atoms with van der Waals surface area (Å²) in [4.78, 5) is 0. The topological polar surface area (TPSA) is 23.8 Å². The maximum absolute atomic E-state index is 9.32. The normalized spacial score (nSPS) is 11.5. The molecule has 0 amide bonds. The smallest absolute Gasteiger partial charge is 0.0991 e. The van der Waals surface area contributed by atoms with Crippen LogP contribution in [0.25, 0.3) is 77.2 Å². The van der Waals surface area contributed by atoms with Crippen molar-refractivity contribution in [3.8, 4) is 61.7 Å². The molecular formula is C39H23N. The van der Waals surface area contributed by atoms with E-state index in [1.54, 1.807) is 0 Å². The lowest BCUT2D eigenvalue weighted by atomic mass is 9.82. The van der Waals surface area contributed by atoms with Gasteiger partial charge in [0.1, 0.15) is 0 Å². The average molecular weight is 506 g/mol. The molecule has 8 rings (SSSR count). The molecular weight excluding hydrogens is 482 g/mol. The number of hydrogen-bond acceptors (Lipinski definition) is 1. The third-order valence-corrected chi connectivity index (χ3v) is 8.24. The molecule has 0 unspecified atom stereocenters. The highest BCUT2D eigenvalue weighted by molar-refractivity contribution is 6.28. The molecule has 1 aliphatic rings. The minimum absolute atomic E-state index is 0.675. The predicted octanol–water partition coefficient (Wildman–Crippen LogP) is 10.5. The van der Waals surface area contributed by atoms with Crippen molar-refractivity contribution < 1.29 is 0 Å². The quantitative estimate of drug-likeness (QED) is 0.234. The zero-order chi connectivity index (χ0) is 26.6. The number of nitriles is 1. The molecule has 1 heteroatoms. The van der Waals surface area contributed by atoms with Gasteiger partial charge < -0.3 is 0 Å². The second-order valence-electron chi connectivity index (χ2n) is 10.4. The van der Waals surface area contributed by atoms with Gasteiger partial charge in [0.05, 0.1) is 11.6 Å². The van der Waals surface area contributed by atoms with Gasteiger partial charge in [-0.2, -0.15) is 5.26 Å². The molecule has 1 nitrogen and oxygen atoms in total. The molecule has 0 radical (unpaired) electrons. The zero-order valence-electron chi connectivity index (χ0n) is 21.7. The van der Waals surface area contributed by atoms with Crippen molar-refractivity contribution in [2.24, 2.45) is 0 Å². The summed E-state index contributed by atoms with van der Waals surface area (Å²) in [5.41, 5.74) is 13.2. The van der Waals surface area contributed by atoms with Gasteiger partial charge in [0, 0.05) is 0 Å². The largest absolute Gasteiger partial charge is 0.192 e. The minimum Gasteiger partial charge on any atom is -0.192 e. The second kappa shape index (κ2) is 8.80. The van der Waals surface area contributed by atoms with E-state index in [0.717, 1.165) is 5.56 Å². The van der Waals surface area contributed by atoms with Crippen LogP contribution in [0.2, 0.25) is 0 Å². The van der Waals surface area contributed by atoms with Gasteiger partial charge in [-0.1, -0.05) is 127 Å². The molecule has 0 aromatic heterocycles. The Labute approximate surface area is 233 Å². The molecule has 0 saturated carbocycles. The molecule has 0 aliphatic heterocycles. The van der Waals surface area contributed by atoms with Crippen molar-refractivity contribution in [2.45, 2.75) is 0 Å². The summed E-state index contributed by atoms with van der Waals surface area (Å²) >= 11 is 0. The van der Waals surface area contributed by atoms with Gasteiger partial charge in [-0.3, -0.25) is 0 Å². The molecule has 0 N–H and O–H groups in total. The standard InChI is InChI=1S/C39H23N/c40-24-25-18-20-26(21-19-25)29-22-23-34-37-30(29)16-9-17-33(37)38-35(27-10-3-1-4-11-27)31-14-7-8-15-32(31)36(39(34)38)28-12-5-2-6-13-28/h1-23H. The first kappa shape index (κ1) is 22.5.